The molecule has 6 heteroatoms. The number of aliphatic imine (C=N–C) groups is 1. The number of carbonyl (C=O) groups is 1. The van der Waals surface area contributed by atoms with Crippen molar-refractivity contribution < 1.29 is 4.79 Å². The molecule has 3 N–H and O–H groups in total. The van der Waals surface area contributed by atoms with Crippen LogP contribution in [0.3, 0.4) is 0 Å². The molecule has 0 bridgehead atoms. The summed E-state index contributed by atoms with van der Waals surface area (Å²) in [6.45, 7) is 7.53. The van der Waals surface area contributed by atoms with Crippen LogP contribution in [0.25, 0.3) is 0 Å². The number of amides is 1. The van der Waals surface area contributed by atoms with Crippen molar-refractivity contribution in [2.24, 2.45) is 10.9 Å². The highest BCUT2D eigenvalue weighted by molar-refractivity contribution is 9.10. The number of carbonyl (C=O) groups excluding carboxylic acids is 1. The molecular formula is C20H31BrN4O. The maximum Gasteiger partial charge on any atom is 0.223 e. The summed E-state index contributed by atoms with van der Waals surface area (Å²) < 4.78 is 1.07. The van der Waals surface area contributed by atoms with E-state index in [0.29, 0.717) is 6.54 Å². The van der Waals surface area contributed by atoms with E-state index in [0.717, 1.165) is 42.7 Å². The normalized spacial score (nSPS) is 20.7. The molecule has 0 saturated heterocycles. The monoisotopic (exact) mass is 422 g/mol. The van der Waals surface area contributed by atoms with Crippen LogP contribution in [0.5, 0.6) is 0 Å². The number of nitrogens with one attached hydrogen (secondary N) is 3. The summed E-state index contributed by atoms with van der Waals surface area (Å²) in [5.74, 6) is 1.10. The standard InChI is InChI=1S/C20H31BrN4O/c1-4-22-20(23-13-15-8-10-17(21)11-9-15)25-18-7-5-6-16(12-18)19(26)24-14(2)3/h8-11,14,16,18H,4-7,12-13H2,1-3H3,(H,24,26)(H2,22,23,25). The predicted molar refractivity (Wildman–Crippen MR) is 111 cm³/mol. The summed E-state index contributed by atoms with van der Waals surface area (Å²) in [5.41, 5.74) is 1.17. The van der Waals surface area contributed by atoms with Gasteiger partial charge < -0.3 is 16.0 Å². The zero-order valence-electron chi connectivity index (χ0n) is 16.0. The van der Waals surface area contributed by atoms with Crippen molar-refractivity contribution in [2.45, 2.75) is 65.1 Å². The Morgan fingerprint density at radius 1 is 1.27 bits per heavy atom. The van der Waals surface area contributed by atoms with Crippen LogP contribution in [-0.2, 0) is 11.3 Å². The lowest BCUT2D eigenvalue weighted by atomic mass is 9.85. The van der Waals surface area contributed by atoms with Crippen molar-refractivity contribution in [3.05, 3.63) is 34.3 Å². The van der Waals surface area contributed by atoms with E-state index < -0.39 is 0 Å². The third-order valence-electron chi connectivity index (χ3n) is 4.49. The Morgan fingerprint density at radius 2 is 2.00 bits per heavy atom. The second-order valence-electron chi connectivity index (χ2n) is 7.19. The van der Waals surface area contributed by atoms with Crippen LogP contribution in [0.1, 0.15) is 52.0 Å². The minimum Gasteiger partial charge on any atom is -0.357 e. The fourth-order valence-corrected chi connectivity index (χ4v) is 3.50. The molecule has 1 fully saturated rings. The Balaban J connectivity index is 1.94. The first-order valence-electron chi connectivity index (χ1n) is 9.57. The van der Waals surface area contributed by atoms with Gasteiger partial charge in [0.25, 0.3) is 0 Å². The van der Waals surface area contributed by atoms with Crippen molar-refractivity contribution in [3.8, 4) is 0 Å². The van der Waals surface area contributed by atoms with Gasteiger partial charge >= 0.3 is 0 Å². The van der Waals surface area contributed by atoms with Crippen molar-refractivity contribution in [2.75, 3.05) is 6.54 Å². The highest BCUT2D eigenvalue weighted by atomic mass is 79.9. The van der Waals surface area contributed by atoms with Gasteiger partial charge in [0.05, 0.1) is 6.54 Å². The van der Waals surface area contributed by atoms with Gasteiger partial charge in [0.2, 0.25) is 5.91 Å². The summed E-state index contributed by atoms with van der Waals surface area (Å²) in [7, 11) is 0. The molecule has 1 aliphatic rings. The van der Waals surface area contributed by atoms with Gasteiger partial charge in [0.1, 0.15) is 0 Å². The molecule has 2 rings (SSSR count). The molecule has 0 heterocycles. The van der Waals surface area contributed by atoms with Gasteiger partial charge in [-0.25, -0.2) is 4.99 Å². The van der Waals surface area contributed by atoms with Gasteiger partial charge in [0, 0.05) is 29.0 Å². The van der Waals surface area contributed by atoms with E-state index in [1.165, 1.54) is 5.56 Å². The molecule has 2 unspecified atom stereocenters. The maximum absolute atomic E-state index is 12.3. The molecule has 1 amide bonds. The zero-order valence-corrected chi connectivity index (χ0v) is 17.6. The van der Waals surface area contributed by atoms with Gasteiger partial charge in [-0.2, -0.15) is 0 Å². The van der Waals surface area contributed by atoms with E-state index in [1.54, 1.807) is 0 Å². The second kappa shape index (κ2) is 10.6. The average molecular weight is 423 g/mol. The summed E-state index contributed by atoms with van der Waals surface area (Å²) in [5, 5.41) is 9.89. The number of hydrogen-bond acceptors (Lipinski definition) is 2. The molecule has 0 radical (unpaired) electrons. The fraction of sp³-hybridized carbons (Fsp3) is 0.600. The summed E-state index contributed by atoms with van der Waals surface area (Å²) in [6, 6.07) is 8.69. The molecular weight excluding hydrogens is 392 g/mol. The van der Waals surface area contributed by atoms with Crippen LogP contribution in [0.2, 0.25) is 0 Å². The predicted octanol–water partition coefficient (Wildman–Crippen LogP) is 3.59. The van der Waals surface area contributed by atoms with E-state index in [9.17, 15) is 4.79 Å². The number of rotatable bonds is 6. The van der Waals surface area contributed by atoms with Crippen LogP contribution in [0, 0.1) is 5.92 Å². The summed E-state index contributed by atoms with van der Waals surface area (Å²) in [4.78, 5) is 17.0. The van der Waals surface area contributed by atoms with Crippen molar-refractivity contribution in [3.63, 3.8) is 0 Å². The van der Waals surface area contributed by atoms with E-state index in [4.69, 9.17) is 4.99 Å². The smallest absolute Gasteiger partial charge is 0.223 e. The van der Waals surface area contributed by atoms with Crippen LogP contribution < -0.4 is 16.0 Å². The largest absolute Gasteiger partial charge is 0.357 e. The number of halogens is 1. The zero-order chi connectivity index (χ0) is 18.9. The molecule has 1 aromatic carbocycles. The molecule has 0 aromatic heterocycles. The van der Waals surface area contributed by atoms with E-state index >= 15 is 0 Å². The molecule has 1 aliphatic carbocycles. The Bertz CT molecular complexity index is 600. The molecule has 1 saturated carbocycles. The first-order chi connectivity index (χ1) is 12.5. The number of benzene rings is 1. The van der Waals surface area contributed by atoms with Crippen molar-refractivity contribution in [1.82, 2.24) is 16.0 Å². The average Bonchev–Trinajstić information content (AvgIpc) is 2.61. The Morgan fingerprint density at radius 3 is 2.65 bits per heavy atom. The van der Waals surface area contributed by atoms with Crippen LogP contribution in [0.15, 0.2) is 33.7 Å². The summed E-state index contributed by atoms with van der Waals surface area (Å²) >= 11 is 3.45. The summed E-state index contributed by atoms with van der Waals surface area (Å²) in [6.07, 6.45) is 3.98. The lowest BCUT2D eigenvalue weighted by Gasteiger charge is -2.30. The van der Waals surface area contributed by atoms with E-state index in [1.807, 2.05) is 26.0 Å². The number of guanidine groups is 1. The molecule has 5 nitrogen and oxygen atoms in total. The lowest BCUT2D eigenvalue weighted by molar-refractivity contribution is -0.126. The molecule has 0 spiro atoms. The van der Waals surface area contributed by atoms with Gasteiger partial charge in [-0.1, -0.05) is 34.5 Å². The molecule has 1 aromatic rings. The maximum atomic E-state index is 12.3. The van der Waals surface area contributed by atoms with E-state index in [2.05, 4.69) is 50.9 Å². The van der Waals surface area contributed by atoms with Gasteiger partial charge in [-0.05, 0) is 57.7 Å². The third kappa shape index (κ3) is 6.98. The second-order valence-corrected chi connectivity index (χ2v) is 8.11. The minimum atomic E-state index is 0.0954. The highest BCUT2D eigenvalue weighted by Gasteiger charge is 2.27. The van der Waals surface area contributed by atoms with Gasteiger partial charge in [-0.3, -0.25) is 4.79 Å². The molecule has 0 aliphatic heterocycles. The quantitative estimate of drug-likeness (QED) is 0.484. The topological polar surface area (TPSA) is 65.5 Å². The molecule has 2 atom stereocenters. The minimum absolute atomic E-state index is 0.0954. The van der Waals surface area contributed by atoms with Crippen LogP contribution in [0.4, 0.5) is 0 Å². The third-order valence-corrected chi connectivity index (χ3v) is 5.02. The Labute approximate surface area is 165 Å². The first kappa shape index (κ1) is 20.7. The van der Waals surface area contributed by atoms with Crippen LogP contribution in [-0.4, -0.2) is 30.5 Å². The van der Waals surface area contributed by atoms with Gasteiger partial charge in [0.15, 0.2) is 5.96 Å². The molecule has 26 heavy (non-hydrogen) atoms. The Kier molecular flexibility index (Phi) is 8.42. The molecule has 144 valence electrons. The van der Waals surface area contributed by atoms with Crippen molar-refractivity contribution >= 4 is 27.8 Å². The fourth-order valence-electron chi connectivity index (χ4n) is 3.23. The van der Waals surface area contributed by atoms with Gasteiger partial charge in [-0.15, -0.1) is 0 Å². The first-order valence-corrected chi connectivity index (χ1v) is 10.4. The highest BCUT2D eigenvalue weighted by Crippen LogP contribution is 2.24. The van der Waals surface area contributed by atoms with E-state index in [-0.39, 0.29) is 23.9 Å². The van der Waals surface area contributed by atoms with Crippen LogP contribution >= 0.6 is 15.9 Å². The Hall–Kier alpha value is -1.56. The number of nitrogens with zero attached hydrogens (tertiary/aromatic N) is 1. The number of hydrogen-bond donors (Lipinski definition) is 3. The SMILES string of the molecule is CCNC(=NCc1ccc(Br)cc1)NC1CCCC(C(=O)NC(C)C)C1. The van der Waals surface area contributed by atoms with Crippen molar-refractivity contribution in [1.29, 1.82) is 0 Å². The lowest BCUT2D eigenvalue weighted by Crippen LogP contribution is -2.47.